The monoisotopic (exact) mass is 377 g/mol. The minimum absolute atomic E-state index is 0.0558. The third-order valence-corrected chi connectivity index (χ3v) is 4.90. The molecule has 28 heavy (non-hydrogen) atoms. The molecule has 0 unspecified atom stereocenters. The molecule has 2 N–H and O–H groups in total. The van der Waals surface area contributed by atoms with Crippen LogP contribution in [0.2, 0.25) is 0 Å². The molecule has 1 aromatic heterocycles. The van der Waals surface area contributed by atoms with Gasteiger partial charge in [0.25, 0.3) is 0 Å². The van der Waals surface area contributed by atoms with Crippen LogP contribution in [0.3, 0.4) is 0 Å². The lowest BCUT2D eigenvalue weighted by molar-refractivity contribution is -0.137. The number of fused-ring (bicyclic) bond motifs is 3. The molecule has 1 aliphatic carbocycles. The van der Waals surface area contributed by atoms with Gasteiger partial charge in [0.1, 0.15) is 18.4 Å². The number of ether oxygens (including phenoxy) is 1. The topological polar surface area (TPSA) is 88.8 Å². The molecular weight excluding hydrogens is 358 g/mol. The Labute approximate surface area is 161 Å². The molecule has 4 rings (SSSR count). The lowest BCUT2D eigenvalue weighted by Crippen LogP contribution is -2.31. The van der Waals surface area contributed by atoms with Crippen LogP contribution in [0, 0.1) is 0 Å². The summed E-state index contributed by atoms with van der Waals surface area (Å²) < 4.78 is 10.7. The van der Waals surface area contributed by atoms with Crippen LogP contribution < -0.4 is 5.32 Å². The maximum absolute atomic E-state index is 12.3. The largest absolute Gasteiger partial charge is 0.481 e. The Morgan fingerprint density at radius 1 is 1.00 bits per heavy atom. The van der Waals surface area contributed by atoms with Gasteiger partial charge in [-0.05, 0) is 34.4 Å². The number of hydrogen-bond acceptors (Lipinski definition) is 4. The highest BCUT2D eigenvalue weighted by Gasteiger charge is 2.29. The van der Waals surface area contributed by atoms with Gasteiger partial charge >= 0.3 is 12.1 Å². The second-order valence-corrected chi connectivity index (χ2v) is 6.64. The molecular formula is C22H19NO5. The second kappa shape index (κ2) is 7.60. The van der Waals surface area contributed by atoms with E-state index in [4.69, 9.17) is 14.3 Å². The van der Waals surface area contributed by atoms with Crippen molar-refractivity contribution in [3.63, 3.8) is 0 Å². The highest BCUT2D eigenvalue weighted by atomic mass is 16.5. The summed E-state index contributed by atoms with van der Waals surface area (Å²) >= 11 is 0. The van der Waals surface area contributed by atoms with Crippen LogP contribution >= 0.6 is 0 Å². The SMILES string of the molecule is O=C(O)C[C@H](NC(=O)OCC1c2ccccc2-c2ccccc21)c1ccco1. The van der Waals surface area contributed by atoms with Crippen molar-refractivity contribution in [1.29, 1.82) is 0 Å². The molecule has 2 aromatic carbocycles. The van der Waals surface area contributed by atoms with Gasteiger partial charge in [-0.25, -0.2) is 4.79 Å². The summed E-state index contributed by atoms with van der Waals surface area (Å²) in [6.45, 7) is 0.164. The maximum Gasteiger partial charge on any atom is 0.407 e. The molecule has 1 atom stereocenters. The number of furan rings is 1. The summed E-state index contributed by atoms with van der Waals surface area (Å²) in [6, 6.07) is 18.6. The van der Waals surface area contributed by atoms with Crippen LogP contribution in [-0.2, 0) is 9.53 Å². The average molecular weight is 377 g/mol. The molecule has 1 amide bonds. The van der Waals surface area contributed by atoms with Gasteiger partial charge in [-0.15, -0.1) is 0 Å². The zero-order valence-corrected chi connectivity index (χ0v) is 15.0. The van der Waals surface area contributed by atoms with Crippen LogP contribution in [0.1, 0.15) is 35.3 Å². The number of nitrogens with one attached hydrogen (secondary N) is 1. The molecule has 0 aliphatic heterocycles. The van der Waals surface area contributed by atoms with E-state index in [1.807, 2.05) is 36.4 Å². The van der Waals surface area contributed by atoms with E-state index in [1.165, 1.54) is 6.26 Å². The number of carboxylic acid groups (broad SMARTS) is 1. The fraction of sp³-hybridized carbons (Fsp3) is 0.182. The van der Waals surface area contributed by atoms with Crippen molar-refractivity contribution in [2.75, 3.05) is 6.61 Å². The minimum Gasteiger partial charge on any atom is -0.481 e. The maximum atomic E-state index is 12.3. The van der Waals surface area contributed by atoms with Gasteiger partial charge in [0, 0.05) is 5.92 Å². The lowest BCUT2D eigenvalue weighted by Gasteiger charge is -2.17. The highest BCUT2D eigenvalue weighted by Crippen LogP contribution is 2.44. The third kappa shape index (κ3) is 3.49. The summed E-state index contributed by atoms with van der Waals surface area (Å²) in [4.78, 5) is 23.4. The molecule has 0 saturated carbocycles. The van der Waals surface area contributed by atoms with Crippen molar-refractivity contribution in [2.24, 2.45) is 0 Å². The molecule has 6 heteroatoms. The van der Waals surface area contributed by atoms with Gasteiger partial charge in [0.2, 0.25) is 0 Å². The standard InChI is InChI=1S/C22H19NO5/c24-21(25)12-19(20-10-5-11-27-20)23-22(26)28-13-18-16-8-3-1-6-14(16)15-7-2-4-9-17(15)18/h1-11,18-19H,12-13H2,(H,23,26)(H,24,25)/t19-/m0/s1. The molecule has 6 nitrogen and oxygen atoms in total. The first kappa shape index (κ1) is 17.9. The van der Waals surface area contributed by atoms with Gasteiger partial charge in [0.05, 0.1) is 12.7 Å². The molecule has 1 heterocycles. The number of carboxylic acids is 1. The van der Waals surface area contributed by atoms with E-state index in [0.29, 0.717) is 5.76 Å². The van der Waals surface area contributed by atoms with Gasteiger partial charge in [-0.1, -0.05) is 48.5 Å². The molecule has 142 valence electrons. The van der Waals surface area contributed by atoms with Crippen LogP contribution in [-0.4, -0.2) is 23.8 Å². The van der Waals surface area contributed by atoms with E-state index in [-0.39, 0.29) is 18.9 Å². The van der Waals surface area contributed by atoms with E-state index in [0.717, 1.165) is 22.3 Å². The number of hydrogen-bond donors (Lipinski definition) is 2. The minimum atomic E-state index is -1.04. The normalized spacial score (nSPS) is 13.4. The smallest absolute Gasteiger partial charge is 0.407 e. The van der Waals surface area contributed by atoms with E-state index < -0.39 is 18.1 Å². The van der Waals surface area contributed by atoms with Crippen LogP contribution in [0.5, 0.6) is 0 Å². The summed E-state index contributed by atoms with van der Waals surface area (Å²) in [5, 5.41) is 11.7. The lowest BCUT2D eigenvalue weighted by atomic mass is 9.98. The van der Waals surface area contributed by atoms with Crippen molar-refractivity contribution >= 4 is 12.1 Å². The number of benzene rings is 2. The van der Waals surface area contributed by atoms with E-state index in [1.54, 1.807) is 12.1 Å². The predicted octanol–water partition coefficient (Wildman–Crippen LogP) is 4.33. The number of amides is 1. The number of alkyl carbamates (subject to hydrolysis) is 1. The highest BCUT2D eigenvalue weighted by molar-refractivity contribution is 5.79. The van der Waals surface area contributed by atoms with E-state index >= 15 is 0 Å². The Hall–Kier alpha value is -3.54. The summed E-state index contributed by atoms with van der Waals surface area (Å²) in [5.41, 5.74) is 4.52. The Kier molecular flexibility index (Phi) is 4.85. The number of rotatable bonds is 6. The zero-order chi connectivity index (χ0) is 19.5. The van der Waals surface area contributed by atoms with Crippen LogP contribution in [0.4, 0.5) is 4.79 Å². The Bertz CT molecular complexity index is 950. The van der Waals surface area contributed by atoms with E-state index in [2.05, 4.69) is 17.4 Å². The van der Waals surface area contributed by atoms with Crippen molar-refractivity contribution in [3.8, 4) is 11.1 Å². The Morgan fingerprint density at radius 3 is 2.21 bits per heavy atom. The number of carbonyl (C=O) groups is 2. The molecule has 0 fully saturated rings. The van der Waals surface area contributed by atoms with Gasteiger partial charge in [-0.2, -0.15) is 0 Å². The second-order valence-electron chi connectivity index (χ2n) is 6.64. The molecule has 0 spiro atoms. The molecule has 0 radical (unpaired) electrons. The van der Waals surface area contributed by atoms with Gasteiger partial charge < -0.3 is 19.6 Å². The summed E-state index contributed by atoms with van der Waals surface area (Å²) in [6.07, 6.45) is 0.464. The average Bonchev–Trinajstić information content (AvgIpc) is 3.32. The molecule has 0 bridgehead atoms. The Morgan fingerprint density at radius 2 is 1.64 bits per heavy atom. The number of aliphatic carboxylic acids is 1. The van der Waals surface area contributed by atoms with Crippen LogP contribution in [0.25, 0.3) is 11.1 Å². The summed E-state index contributed by atoms with van der Waals surface area (Å²) in [7, 11) is 0. The van der Waals surface area contributed by atoms with Gasteiger partial charge in [-0.3, -0.25) is 4.79 Å². The molecule has 3 aromatic rings. The fourth-order valence-corrected chi connectivity index (χ4v) is 3.67. The van der Waals surface area contributed by atoms with Crippen molar-refractivity contribution in [3.05, 3.63) is 83.8 Å². The third-order valence-electron chi connectivity index (χ3n) is 4.90. The first-order valence-electron chi connectivity index (χ1n) is 9.00. The van der Waals surface area contributed by atoms with Crippen molar-refractivity contribution < 1.29 is 23.8 Å². The Balaban J connectivity index is 1.47. The molecule has 0 saturated heterocycles. The van der Waals surface area contributed by atoms with Crippen molar-refractivity contribution in [1.82, 2.24) is 5.32 Å². The van der Waals surface area contributed by atoms with Crippen molar-refractivity contribution in [2.45, 2.75) is 18.4 Å². The fourth-order valence-electron chi connectivity index (χ4n) is 3.67. The zero-order valence-electron chi connectivity index (χ0n) is 15.0. The van der Waals surface area contributed by atoms with Crippen LogP contribution in [0.15, 0.2) is 71.3 Å². The van der Waals surface area contributed by atoms with E-state index in [9.17, 15) is 9.59 Å². The first-order valence-corrected chi connectivity index (χ1v) is 9.00. The van der Waals surface area contributed by atoms with Gasteiger partial charge in [0.15, 0.2) is 0 Å². The quantitative estimate of drug-likeness (QED) is 0.667. The first-order chi connectivity index (χ1) is 13.6. The molecule has 1 aliphatic rings. The number of carbonyl (C=O) groups excluding carboxylic acids is 1. The summed E-state index contributed by atoms with van der Waals surface area (Å²) in [5.74, 6) is -0.726. The predicted molar refractivity (Wildman–Crippen MR) is 102 cm³/mol.